The van der Waals surface area contributed by atoms with Gasteiger partial charge in [0.15, 0.2) is 0 Å². The minimum atomic E-state index is -3.53. The molecule has 0 heterocycles. The molecule has 0 aliphatic heterocycles. The van der Waals surface area contributed by atoms with E-state index in [0.29, 0.717) is 24.4 Å². The third-order valence-corrected chi connectivity index (χ3v) is 4.82. The highest BCUT2D eigenvalue weighted by molar-refractivity contribution is 7.89. The van der Waals surface area contributed by atoms with Crippen molar-refractivity contribution in [1.82, 2.24) is 4.72 Å². The van der Waals surface area contributed by atoms with Gasteiger partial charge in [-0.15, -0.1) is 0 Å². The first-order valence-electron chi connectivity index (χ1n) is 6.86. The van der Waals surface area contributed by atoms with Crippen LogP contribution in [0.15, 0.2) is 41.3 Å². The Bertz CT molecular complexity index is 727. The zero-order chi connectivity index (χ0) is 15.5. The Morgan fingerprint density at radius 3 is 2.43 bits per heavy atom. The predicted molar refractivity (Wildman–Crippen MR) is 87.1 cm³/mol. The SMILES string of the molecule is CN(C)c1cccc2c(S(=O)(=O)NCCCN)cccc12. The summed E-state index contributed by atoms with van der Waals surface area (Å²) in [6.07, 6.45) is 0.618. The monoisotopic (exact) mass is 307 g/mol. The Morgan fingerprint density at radius 1 is 1.10 bits per heavy atom. The molecule has 0 bridgehead atoms. The number of anilines is 1. The Kier molecular flexibility index (Phi) is 4.82. The van der Waals surface area contributed by atoms with E-state index in [2.05, 4.69) is 4.72 Å². The lowest BCUT2D eigenvalue weighted by molar-refractivity contribution is 0.580. The third-order valence-electron chi connectivity index (χ3n) is 3.30. The van der Waals surface area contributed by atoms with Gasteiger partial charge >= 0.3 is 0 Å². The van der Waals surface area contributed by atoms with E-state index in [1.54, 1.807) is 12.1 Å². The van der Waals surface area contributed by atoms with Gasteiger partial charge in [0, 0.05) is 37.1 Å². The quantitative estimate of drug-likeness (QED) is 0.794. The molecule has 0 aliphatic carbocycles. The second kappa shape index (κ2) is 6.43. The number of nitrogens with zero attached hydrogens (tertiary/aromatic N) is 1. The molecular weight excluding hydrogens is 286 g/mol. The number of nitrogens with one attached hydrogen (secondary N) is 1. The molecule has 3 N–H and O–H groups in total. The van der Waals surface area contributed by atoms with Gasteiger partial charge in [-0.2, -0.15) is 0 Å². The molecule has 6 heteroatoms. The van der Waals surface area contributed by atoms with E-state index in [1.807, 2.05) is 43.3 Å². The molecule has 0 spiro atoms. The summed E-state index contributed by atoms with van der Waals surface area (Å²) >= 11 is 0. The van der Waals surface area contributed by atoms with Crippen molar-refractivity contribution in [1.29, 1.82) is 0 Å². The fraction of sp³-hybridized carbons (Fsp3) is 0.333. The third kappa shape index (κ3) is 3.34. The lowest BCUT2D eigenvalue weighted by atomic mass is 10.1. The molecule has 0 saturated heterocycles. The first kappa shape index (κ1) is 15.8. The summed E-state index contributed by atoms with van der Waals surface area (Å²) in [5.74, 6) is 0. The van der Waals surface area contributed by atoms with Crippen LogP contribution in [0, 0.1) is 0 Å². The molecule has 0 aliphatic rings. The van der Waals surface area contributed by atoms with Crippen molar-refractivity contribution in [2.75, 3.05) is 32.1 Å². The summed E-state index contributed by atoms with van der Waals surface area (Å²) in [7, 11) is 0.354. The van der Waals surface area contributed by atoms with Gasteiger partial charge in [0.2, 0.25) is 10.0 Å². The van der Waals surface area contributed by atoms with Crippen LogP contribution in [0.1, 0.15) is 6.42 Å². The smallest absolute Gasteiger partial charge is 0.241 e. The molecular formula is C15H21N3O2S. The first-order chi connectivity index (χ1) is 9.97. The van der Waals surface area contributed by atoms with Crippen LogP contribution >= 0.6 is 0 Å². The van der Waals surface area contributed by atoms with Crippen LogP contribution in [0.25, 0.3) is 10.8 Å². The Balaban J connectivity index is 2.53. The number of rotatable bonds is 6. The van der Waals surface area contributed by atoms with Crippen LogP contribution in [0.2, 0.25) is 0 Å². The van der Waals surface area contributed by atoms with Gasteiger partial charge in [0.05, 0.1) is 4.90 Å². The maximum atomic E-state index is 12.4. The Hall–Kier alpha value is -1.63. The molecule has 2 aromatic carbocycles. The second-order valence-electron chi connectivity index (χ2n) is 5.06. The molecule has 0 saturated carbocycles. The van der Waals surface area contributed by atoms with Crippen LogP contribution in [0.3, 0.4) is 0 Å². The van der Waals surface area contributed by atoms with Crippen LogP contribution in [0.4, 0.5) is 5.69 Å². The molecule has 0 atom stereocenters. The normalized spacial score (nSPS) is 11.8. The van der Waals surface area contributed by atoms with Crippen molar-refractivity contribution in [2.24, 2.45) is 5.73 Å². The van der Waals surface area contributed by atoms with E-state index in [-0.39, 0.29) is 0 Å². The van der Waals surface area contributed by atoms with E-state index in [4.69, 9.17) is 5.73 Å². The van der Waals surface area contributed by atoms with Gasteiger partial charge in [0.1, 0.15) is 0 Å². The highest BCUT2D eigenvalue weighted by atomic mass is 32.2. The summed E-state index contributed by atoms with van der Waals surface area (Å²) in [6.45, 7) is 0.811. The lowest BCUT2D eigenvalue weighted by Gasteiger charge is -2.17. The molecule has 0 fully saturated rings. The summed E-state index contributed by atoms with van der Waals surface area (Å²) in [6, 6.07) is 11.0. The van der Waals surface area contributed by atoms with Crippen LogP contribution < -0.4 is 15.4 Å². The Labute approximate surface area is 125 Å². The van der Waals surface area contributed by atoms with Crippen molar-refractivity contribution in [3.8, 4) is 0 Å². The number of hydrogen-bond donors (Lipinski definition) is 2. The molecule has 0 aromatic heterocycles. The van der Waals surface area contributed by atoms with Crippen LogP contribution in [-0.4, -0.2) is 35.6 Å². The van der Waals surface area contributed by atoms with E-state index >= 15 is 0 Å². The van der Waals surface area contributed by atoms with Gasteiger partial charge in [0.25, 0.3) is 0 Å². The minimum absolute atomic E-state index is 0.306. The molecule has 5 nitrogen and oxygen atoms in total. The topological polar surface area (TPSA) is 75.4 Å². The molecule has 21 heavy (non-hydrogen) atoms. The van der Waals surface area contributed by atoms with Crippen molar-refractivity contribution in [3.05, 3.63) is 36.4 Å². The second-order valence-corrected chi connectivity index (χ2v) is 6.80. The van der Waals surface area contributed by atoms with E-state index in [9.17, 15) is 8.42 Å². The minimum Gasteiger partial charge on any atom is -0.377 e. The predicted octanol–water partition coefficient (Wildman–Crippen LogP) is 1.53. The highest BCUT2D eigenvalue weighted by Crippen LogP contribution is 2.29. The van der Waals surface area contributed by atoms with Gasteiger partial charge in [-0.05, 0) is 25.1 Å². The standard InChI is InChI=1S/C15H21N3O2S/c1-18(2)14-8-3-7-13-12(14)6-4-9-15(13)21(19,20)17-11-5-10-16/h3-4,6-9,17H,5,10-11,16H2,1-2H3. The van der Waals surface area contributed by atoms with Gasteiger partial charge in [-0.25, -0.2) is 13.1 Å². The first-order valence-corrected chi connectivity index (χ1v) is 8.34. The van der Waals surface area contributed by atoms with E-state index < -0.39 is 10.0 Å². The van der Waals surface area contributed by atoms with Gasteiger partial charge in [-0.1, -0.05) is 24.3 Å². The molecule has 2 aromatic rings. The summed E-state index contributed by atoms with van der Waals surface area (Å²) in [4.78, 5) is 2.28. The number of sulfonamides is 1. The number of benzene rings is 2. The maximum Gasteiger partial charge on any atom is 0.241 e. The van der Waals surface area contributed by atoms with E-state index in [1.165, 1.54) is 0 Å². The molecule has 114 valence electrons. The van der Waals surface area contributed by atoms with Crippen molar-refractivity contribution >= 4 is 26.5 Å². The van der Waals surface area contributed by atoms with Crippen molar-refractivity contribution in [3.63, 3.8) is 0 Å². The van der Waals surface area contributed by atoms with Crippen molar-refractivity contribution < 1.29 is 8.42 Å². The number of nitrogens with two attached hydrogens (primary N) is 1. The van der Waals surface area contributed by atoms with E-state index in [0.717, 1.165) is 16.5 Å². The number of hydrogen-bond acceptors (Lipinski definition) is 4. The van der Waals surface area contributed by atoms with Crippen molar-refractivity contribution in [2.45, 2.75) is 11.3 Å². The molecule has 0 amide bonds. The molecule has 0 radical (unpaired) electrons. The number of fused-ring (bicyclic) bond motifs is 1. The summed E-state index contributed by atoms with van der Waals surface area (Å²) in [5.41, 5.74) is 6.39. The average molecular weight is 307 g/mol. The summed E-state index contributed by atoms with van der Waals surface area (Å²) in [5, 5.41) is 1.65. The maximum absolute atomic E-state index is 12.4. The van der Waals surface area contributed by atoms with Gasteiger partial charge in [-0.3, -0.25) is 0 Å². The highest BCUT2D eigenvalue weighted by Gasteiger charge is 2.17. The molecule has 0 unspecified atom stereocenters. The Morgan fingerprint density at radius 2 is 1.76 bits per heavy atom. The lowest BCUT2D eigenvalue weighted by Crippen LogP contribution is -2.26. The largest absolute Gasteiger partial charge is 0.377 e. The molecule has 2 rings (SSSR count). The van der Waals surface area contributed by atoms with Gasteiger partial charge < -0.3 is 10.6 Å². The van der Waals surface area contributed by atoms with Crippen LogP contribution in [-0.2, 0) is 10.0 Å². The fourth-order valence-electron chi connectivity index (χ4n) is 2.28. The fourth-order valence-corrected chi connectivity index (χ4v) is 3.57. The summed E-state index contributed by atoms with van der Waals surface area (Å²) < 4.78 is 27.5. The average Bonchev–Trinajstić information content (AvgIpc) is 2.46. The zero-order valence-corrected chi connectivity index (χ0v) is 13.2. The van der Waals surface area contributed by atoms with Crippen LogP contribution in [0.5, 0.6) is 0 Å². The zero-order valence-electron chi connectivity index (χ0n) is 12.3.